The molecule has 1 rings (SSSR count). The molecule has 1 atom stereocenters. The third kappa shape index (κ3) is 4.23. The molecule has 1 heterocycles. The third-order valence-electron chi connectivity index (χ3n) is 2.44. The highest BCUT2D eigenvalue weighted by Crippen LogP contribution is 2.14. The van der Waals surface area contributed by atoms with Crippen LogP contribution in [0, 0.1) is 5.92 Å². The lowest BCUT2D eigenvalue weighted by Crippen LogP contribution is -2.38. The topological polar surface area (TPSA) is 39.1 Å². The molecule has 1 unspecified atom stereocenters. The molecule has 4 nitrogen and oxygen atoms in total. The number of hydrogen-bond acceptors (Lipinski definition) is 3. The highest BCUT2D eigenvalue weighted by molar-refractivity contribution is 5.12. The summed E-state index contributed by atoms with van der Waals surface area (Å²) in [4.78, 5) is 0. The van der Waals surface area contributed by atoms with Gasteiger partial charge in [0.25, 0.3) is 0 Å². The maximum atomic E-state index is 5.90. The molecule has 16 heavy (non-hydrogen) atoms. The van der Waals surface area contributed by atoms with E-state index in [0.29, 0.717) is 12.0 Å². The van der Waals surface area contributed by atoms with Crippen LogP contribution in [0.25, 0.3) is 0 Å². The van der Waals surface area contributed by atoms with Gasteiger partial charge in [0.1, 0.15) is 6.10 Å². The summed E-state index contributed by atoms with van der Waals surface area (Å²) in [5.41, 5.74) is 0. The molecule has 0 spiro atoms. The van der Waals surface area contributed by atoms with Gasteiger partial charge in [-0.1, -0.05) is 27.7 Å². The highest BCUT2D eigenvalue weighted by Gasteiger charge is 2.16. The lowest BCUT2D eigenvalue weighted by Gasteiger charge is -2.23. The van der Waals surface area contributed by atoms with Crippen molar-refractivity contribution in [1.82, 2.24) is 15.1 Å². The van der Waals surface area contributed by atoms with Gasteiger partial charge < -0.3 is 10.1 Å². The van der Waals surface area contributed by atoms with Gasteiger partial charge in [0, 0.05) is 19.6 Å². The molecule has 0 amide bonds. The van der Waals surface area contributed by atoms with Crippen LogP contribution in [0.1, 0.15) is 27.7 Å². The molecule has 1 aromatic heterocycles. The number of rotatable bonds is 6. The van der Waals surface area contributed by atoms with Crippen molar-refractivity contribution < 1.29 is 4.74 Å². The molecule has 1 N–H and O–H groups in total. The van der Waals surface area contributed by atoms with Gasteiger partial charge in [-0.15, -0.1) is 0 Å². The van der Waals surface area contributed by atoms with Crippen LogP contribution < -0.4 is 10.1 Å². The largest absolute Gasteiger partial charge is 0.486 e. The average molecular weight is 225 g/mol. The Bertz CT molecular complexity index is 307. The van der Waals surface area contributed by atoms with E-state index in [-0.39, 0.29) is 6.10 Å². The third-order valence-corrected chi connectivity index (χ3v) is 2.44. The molecule has 0 bridgehead atoms. The second kappa shape index (κ2) is 5.89. The molecular weight excluding hydrogens is 202 g/mol. The fourth-order valence-electron chi connectivity index (χ4n) is 1.40. The van der Waals surface area contributed by atoms with E-state index in [9.17, 15) is 0 Å². The summed E-state index contributed by atoms with van der Waals surface area (Å²) in [5, 5.41) is 7.50. The first-order valence-corrected chi connectivity index (χ1v) is 5.87. The second-order valence-electron chi connectivity index (χ2n) is 4.81. The molecule has 0 aliphatic rings. The first-order chi connectivity index (χ1) is 7.49. The van der Waals surface area contributed by atoms with Crippen LogP contribution in [-0.2, 0) is 7.05 Å². The Morgan fingerprint density at radius 3 is 2.50 bits per heavy atom. The van der Waals surface area contributed by atoms with Crippen molar-refractivity contribution >= 4 is 0 Å². The average Bonchev–Trinajstić information content (AvgIpc) is 2.57. The van der Waals surface area contributed by atoms with Gasteiger partial charge >= 0.3 is 0 Å². The van der Waals surface area contributed by atoms with Crippen LogP contribution in [0.15, 0.2) is 12.4 Å². The Morgan fingerprint density at radius 2 is 2.06 bits per heavy atom. The van der Waals surface area contributed by atoms with Crippen molar-refractivity contribution in [1.29, 1.82) is 0 Å². The van der Waals surface area contributed by atoms with Crippen molar-refractivity contribution in [2.45, 2.75) is 39.8 Å². The second-order valence-corrected chi connectivity index (χ2v) is 4.81. The van der Waals surface area contributed by atoms with E-state index in [1.165, 1.54) is 0 Å². The van der Waals surface area contributed by atoms with Gasteiger partial charge in [-0.05, 0) is 5.92 Å². The molecule has 1 aromatic rings. The fourth-order valence-corrected chi connectivity index (χ4v) is 1.40. The number of nitrogens with one attached hydrogen (secondary N) is 1. The van der Waals surface area contributed by atoms with Gasteiger partial charge in [0.15, 0.2) is 5.75 Å². The van der Waals surface area contributed by atoms with Crippen LogP contribution in [0.4, 0.5) is 0 Å². The summed E-state index contributed by atoms with van der Waals surface area (Å²) in [6.45, 7) is 9.49. The summed E-state index contributed by atoms with van der Waals surface area (Å²) in [6.07, 6.45) is 3.83. The maximum Gasteiger partial charge on any atom is 0.157 e. The minimum atomic E-state index is 0.187. The number of aryl methyl sites for hydroxylation is 1. The summed E-state index contributed by atoms with van der Waals surface area (Å²) in [6, 6.07) is 0.485. The quantitative estimate of drug-likeness (QED) is 0.802. The van der Waals surface area contributed by atoms with E-state index in [2.05, 4.69) is 38.1 Å². The lowest BCUT2D eigenvalue weighted by atomic mass is 10.1. The van der Waals surface area contributed by atoms with Crippen molar-refractivity contribution in [3.8, 4) is 5.75 Å². The minimum absolute atomic E-state index is 0.187. The van der Waals surface area contributed by atoms with Gasteiger partial charge in [-0.2, -0.15) is 5.10 Å². The van der Waals surface area contributed by atoms with E-state index in [4.69, 9.17) is 4.74 Å². The molecule has 4 heteroatoms. The predicted octanol–water partition coefficient (Wildman–Crippen LogP) is 1.82. The number of nitrogens with zero attached hydrogens (tertiary/aromatic N) is 2. The molecule has 0 fully saturated rings. The van der Waals surface area contributed by atoms with E-state index in [0.717, 1.165) is 12.3 Å². The zero-order valence-electron chi connectivity index (χ0n) is 10.9. The summed E-state index contributed by atoms with van der Waals surface area (Å²) < 4.78 is 7.65. The monoisotopic (exact) mass is 225 g/mol. The number of aromatic nitrogens is 2. The first-order valence-electron chi connectivity index (χ1n) is 5.87. The molecule has 0 aliphatic heterocycles. The standard InChI is InChI=1S/C12H23N3O/c1-9(2)12(7-13-10(3)4)16-11-6-14-15(5)8-11/h6,8-10,12-13H,7H2,1-5H3. The molecule has 0 saturated carbocycles. The maximum absolute atomic E-state index is 5.90. The molecule has 0 aromatic carbocycles. The summed E-state index contributed by atoms with van der Waals surface area (Å²) in [7, 11) is 1.89. The number of hydrogen-bond donors (Lipinski definition) is 1. The van der Waals surface area contributed by atoms with Crippen molar-refractivity contribution in [2.24, 2.45) is 13.0 Å². The Morgan fingerprint density at radius 1 is 1.38 bits per heavy atom. The Balaban J connectivity index is 2.51. The van der Waals surface area contributed by atoms with Crippen molar-refractivity contribution in [3.63, 3.8) is 0 Å². The van der Waals surface area contributed by atoms with Crippen LogP contribution in [0.5, 0.6) is 5.75 Å². The van der Waals surface area contributed by atoms with Crippen LogP contribution >= 0.6 is 0 Å². The van der Waals surface area contributed by atoms with E-state index >= 15 is 0 Å². The lowest BCUT2D eigenvalue weighted by molar-refractivity contribution is 0.146. The molecule has 0 aliphatic carbocycles. The molecule has 0 saturated heterocycles. The predicted molar refractivity (Wildman–Crippen MR) is 65.6 cm³/mol. The Kier molecular flexibility index (Phi) is 4.80. The molecule has 0 radical (unpaired) electrons. The van der Waals surface area contributed by atoms with Gasteiger partial charge in [0.05, 0.1) is 12.4 Å². The summed E-state index contributed by atoms with van der Waals surface area (Å²) in [5.74, 6) is 1.32. The molecular formula is C12H23N3O. The van der Waals surface area contributed by atoms with E-state index in [1.54, 1.807) is 10.9 Å². The van der Waals surface area contributed by atoms with Gasteiger partial charge in [-0.25, -0.2) is 0 Å². The smallest absolute Gasteiger partial charge is 0.157 e. The van der Waals surface area contributed by atoms with Gasteiger partial charge in [0.2, 0.25) is 0 Å². The highest BCUT2D eigenvalue weighted by atomic mass is 16.5. The zero-order valence-corrected chi connectivity index (χ0v) is 10.9. The summed E-state index contributed by atoms with van der Waals surface area (Å²) >= 11 is 0. The fraction of sp³-hybridized carbons (Fsp3) is 0.750. The Hall–Kier alpha value is -1.03. The van der Waals surface area contributed by atoms with Crippen LogP contribution in [-0.4, -0.2) is 28.5 Å². The molecule has 92 valence electrons. The van der Waals surface area contributed by atoms with E-state index in [1.807, 2.05) is 13.2 Å². The van der Waals surface area contributed by atoms with Crippen molar-refractivity contribution in [3.05, 3.63) is 12.4 Å². The van der Waals surface area contributed by atoms with Gasteiger partial charge in [-0.3, -0.25) is 4.68 Å². The normalized spacial score (nSPS) is 13.4. The Labute approximate surface area is 98.0 Å². The van der Waals surface area contributed by atoms with Crippen molar-refractivity contribution in [2.75, 3.05) is 6.54 Å². The van der Waals surface area contributed by atoms with E-state index < -0.39 is 0 Å². The van der Waals surface area contributed by atoms with Crippen LogP contribution in [0.3, 0.4) is 0 Å². The minimum Gasteiger partial charge on any atom is -0.486 e. The first kappa shape index (κ1) is 13.0. The van der Waals surface area contributed by atoms with Crippen LogP contribution in [0.2, 0.25) is 0 Å². The zero-order chi connectivity index (χ0) is 12.1. The SMILES string of the molecule is CC(C)NCC(Oc1cnn(C)c1)C(C)C. The number of ether oxygens (including phenoxy) is 1.